The lowest BCUT2D eigenvalue weighted by Crippen LogP contribution is -2.11. The highest BCUT2D eigenvalue weighted by Crippen LogP contribution is 2.42. The van der Waals surface area contributed by atoms with E-state index in [-0.39, 0.29) is 33.9 Å². The van der Waals surface area contributed by atoms with E-state index in [1.165, 1.54) is 72.8 Å². The van der Waals surface area contributed by atoms with Gasteiger partial charge in [0.05, 0.1) is 36.5 Å². The van der Waals surface area contributed by atoms with Crippen molar-refractivity contribution in [2.45, 2.75) is 57.1 Å². The molecular formula is C33H30F9O9P. The van der Waals surface area contributed by atoms with Crippen LogP contribution in [-0.4, -0.2) is 56.3 Å². The topological polar surface area (TPSA) is 107 Å². The van der Waals surface area contributed by atoms with Crippen LogP contribution in [0.1, 0.15) is 69.6 Å². The summed E-state index contributed by atoms with van der Waals surface area (Å²) in [5, 5.41) is 0. The molecule has 0 saturated carbocycles. The fourth-order valence-corrected chi connectivity index (χ4v) is 4.83. The summed E-state index contributed by atoms with van der Waals surface area (Å²) in [4.78, 5) is 36.7. The summed E-state index contributed by atoms with van der Waals surface area (Å²) < 4.78 is 143. The van der Waals surface area contributed by atoms with Gasteiger partial charge in [0.1, 0.15) is 17.2 Å². The van der Waals surface area contributed by atoms with E-state index >= 15 is 0 Å². The molecule has 0 bridgehead atoms. The average Bonchev–Trinajstić information content (AvgIpc) is 3.06. The Morgan fingerprint density at radius 3 is 0.865 bits per heavy atom. The smallest absolute Gasteiger partial charge is 0.462 e. The Labute approximate surface area is 291 Å². The largest absolute Gasteiger partial charge is 0.530 e. The third-order valence-electron chi connectivity index (χ3n) is 6.32. The molecule has 0 aromatic heterocycles. The molecule has 0 saturated heterocycles. The van der Waals surface area contributed by atoms with Crippen LogP contribution < -0.4 is 13.6 Å². The van der Waals surface area contributed by atoms with Gasteiger partial charge < -0.3 is 27.8 Å². The third-order valence-corrected chi connectivity index (χ3v) is 7.40. The van der Waals surface area contributed by atoms with Crippen molar-refractivity contribution in [2.75, 3.05) is 19.8 Å². The van der Waals surface area contributed by atoms with E-state index < -0.39 is 103 Å². The molecule has 3 rings (SSSR count). The number of hydrogen-bond donors (Lipinski definition) is 0. The summed E-state index contributed by atoms with van der Waals surface area (Å²) in [6.45, 7) is -1.36. The first-order valence-electron chi connectivity index (χ1n) is 15.2. The van der Waals surface area contributed by atoms with Gasteiger partial charge in [-0.2, -0.15) is 39.5 Å². The quantitative estimate of drug-likeness (QED) is 0.0411. The highest BCUT2D eigenvalue weighted by atomic mass is 31.2. The molecule has 0 amide bonds. The lowest BCUT2D eigenvalue weighted by atomic mass is 10.2. The predicted octanol–water partition coefficient (Wildman–Crippen LogP) is 9.95. The van der Waals surface area contributed by atoms with Crippen LogP contribution in [0.4, 0.5) is 39.5 Å². The molecule has 284 valence electrons. The standard InChI is InChI=1S/C33H30F9O9P/c34-31(35,36)16-1-19-46-28(43)22-4-10-25(11-5-22)49-52(50-26-12-6-23(7-13-26)29(44)47-20-2-17-32(37,38)39)51-27-14-8-24(9-15-27)30(45)48-21-3-18-33(40,41)42/h4-15H,1-3,16-21H2. The Morgan fingerprint density at radius 2 is 0.654 bits per heavy atom. The number of esters is 3. The minimum Gasteiger partial charge on any atom is -0.462 e. The van der Waals surface area contributed by atoms with Crippen LogP contribution in [0.3, 0.4) is 0 Å². The number of carbonyl (C=O) groups is 3. The summed E-state index contributed by atoms with van der Waals surface area (Å²) in [7, 11) is -2.40. The van der Waals surface area contributed by atoms with Gasteiger partial charge in [0.25, 0.3) is 0 Å². The van der Waals surface area contributed by atoms with Crippen molar-refractivity contribution in [1.29, 1.82) is 0 Å². The second-order valence-electron chi connectivity index (χ2n) is 10.6. The lowest BCUT2D eigenvalue weighted by Gasteiger charge is -2.18. The number of rotatable bonds is 18. The fraction of sp³-hybridized carbons (Fsp3) is 0.364. The molecule has 3 aromatic carbocycles. The van der Waals surface area contributed by atoms with Gasteiger partial charge in [-0.25, -0.2) is 14.4 Å². The van der Waals surface area contributed by atoms with Gasteiger partial charge in [0.15, 0.2) is 0 Å². The second-order valence-corrected chi connectivity index (χ2v) is 11.6. The van der Waals surface area contributed by atoms with Crippen LogP contribution in [0, 0.1) is 0 Å². The lowest BCUT2D eigenvalue weighted by molar-refractivity contribution is -0.137. The molecule has 0 aliphatic heterocycles. The number of hydrogen-bond acceptors (Lipinski definition) is 9. The van der Waals surface area contributed by atoms with Crippen LogP contribution in [0.25, 0.3) is 0 Å². The molecule has 0 atom stereocenters. The van der Waals surface area contributed by atoms with Gasteiger partial charge in [-0.05, 0) is 92.1 Å². The molecule has 52 heavy (non-hydrogen) atoms. The Hall–Kier alpha value is -4.73. The highest BCUT2D eigenvalue weighted by molar-refractivity contribution is 7.43. The van der Waals surface area contributed by atoms with E-state index in [4.69, 9.17) is 27.8 Å². The molecule has 0 spiro atoms. The molecule has 0 aliphatic rings. The molecule has 3 aromatic rings. The van der Waals surface area contributed by atoms with Crippen molar-refractivity contribution in [3.63, 3.8) is 0 Å². The highest BCUT2D eigenvalue weighted by Gasteiger charge is 2.28. The molecule has 0 radical (unpaired) electrons. The van der Waals surface area contributed by atoms with Crippen LogP contribution in [0.15, 0.2) is 72.8 Å². The van der Waals surface area contributed by atoms with Crippen LogP contribution >= 0.6 is 8.60 Å². The van der Waals surface area contributed by atoms with Crippen molar-refractivity contribution >= 4 is 26.5 Å². The van der Waals surface area contributed by atoms with E-state index in [9.17, 15) is 53.9 Å². The van der Waals surface area contributed by atoms with Crippen LogP contribution in [0.2, 0.25) is 0 Å². The first-order valence-corrected chi connectivity index (χ1v) is 16.3. The number of halogens is 9. The van der Waals surface area contributed by atoms with E-state index in [1.54, 1.807) is 0 Å². The number of benzene rings is 3. The maximum absolute atomic E-state index is 12.3. The molecule has 0 N–H and O–H groups in total. The van der Waals surface area contributed by atoms with E-state index in [1.807, 2.05) is 0 Å². The number of carbonyl (C=O) groups excluding carboxylic acids is 3. The zero-order valence-corrected chi connectivity index (χ0v) is 27.7. The summed E-state index contributed by atoms with van der Waals surface area (Å²) in [6, 6.07) is 15.6. The van der Waals surface area contributed by atoms with Crippen molar-refractivity contribution in [2.24, 2.45) is 0 Å². The van der Waals surface area contributed by atoms with Gasteiger partial charge in [0, 0.05) is 19.3 Å². The minimum atomic E-state index is -4.39. The van der Waals surface area contributed by atoms with Gasteiger partial charge in [-0.3, -0.25) is 0 Å². The Kier molecular flexibility index (Phi) is 15.4. The molecule has 0 fully saturated rings. The fourth-order valence-electron chi connectivity index (χ4n) is 3.83. The Balaban J connectivity index is 1.67. The van der Waals surface area contributed by atoms with E-state index in [0.717, 1.165) is 0 Å². The van der Waals surface area contributed by atoms with Gasteiger partial charge >= 0.3 is 45.0 Å². The average molecular weight is 773 g/mol. The molecule has 9 nitrogen and oxygen atoms in total. The summed E-state index contributed by atoms with van der Waals surface area (Å²) >= 11 is 0. The molecule has 19 heteroatoms. The Morgan fingerprint density at radius 1 is 0.423 bits per heavy atom. The third kappa shape index (κ3) is 16.5. The minimum absolute atomic E-state index is 0.00675. The summed E-state index contributed by atoms with van der Waals surface area (Å²) in [6.07, 6.45) is -17.8. The zero-order valence-electron chi connectivity index (χ0n) is 26.8. The summed E-state index contributed by atoms with van der Waals surface area (Å²) in [5.74, 6) is -2.34. The first-order chi connectivity index (χ1) is 24.4. The van der Waals surface area contributed by atoms with Crippen molar-refractivity contribution in [3.8, 4) is 17.2 Å². The number of alkyl halides is 9. The van der Waals surface area contributed by atoms with Crippen molar-refractivity contribution < 1.29 is 81.7 Å². The van der Waals surface area contributed by atoms with E-state index in [2.05, 4.69) is 0 Å². The molecular weight excluding hydrogens is 742 g/mol. The maximum Gasteiger partial charge on any atom is 0.530 e. The monoisotopic (exact) mass is 772 g/mol. The SMILES string of the molecule is O=C(OCCCC(F)(F)F)c1ccc(OP(Oc2ccc(C(=O)OCCCC(F)(F)F)cc2)Oc2ccc(C(=O)OCCCC(F)(F)F)cc2)cc1. The van der Waals surface area contributed by atoms with E-state index in [0.29, 0.717) is 0 Å². The van der Waals surface area contributed by atoms with Gasteiger partial charge in [-0.1, -0.05) is 0 Å². The van der Waals surface area contributed by atoms with Crippen molar-refractivity contribution in [3.05, 3.63) is 89.5 Å². The molecule has 0 unspecified atom stereocenters. The zero-order chi connectivity index (χ0) is 38.4. The summed E-state index contributed by atoms with van der Waals surface area (Å²) in [5.41, 5.74) is 0.0202. The van der Waals surface area contributed by atoms with Crippen LogP contribution in [0.5, 0.6) is 17.2 Å². The number of ether oxygens (including phenoxy) is 3. The second kappa shape index (κ2) is 19.2. The van der Waals surface area contributed by atoms with Gasteiger partial charge in [-0.15, -0.1) is 0 Å². The first kappa shape index (κ1) is 41.7. The normalized spacial score (nSPS) is 11.9. The molecule has 0 heterocycles. The Bertz CT molecular complexity index is 1390. The van der Waals surface area contributed by atoms with Gasteiger partial charge in [0.2, 0.25) is 0 Å². The molecule has 0 aliphatic carbocycles. The predicted molar refractivity (Wildman–Crippen MR) is 165 cm³/mol. The van der Waals surface area contributed by atoms with Crippen molar-refractivity contribution in [1.82, 2.24) is 0 Å². The van der Waals surface area contributed by atoms with Crippen LogP contribution in [-0.2, 0) is 14.2 Å². The maximum atomic E-state index is 12.3.